The van der Waals surface area contributed by atoms with Crippen LogP contribution in [-0.4, -0.2) is 37.9 Å². The first-order valence-corrected chi connectivity index (χ1v) is 11.8. The van der Waals surface area contributed by atoms with Crippen molar-refractivity contribution >= 4 is 11.7 Å². The number of nitrogens with two attached hydrogens (primary N) is 1. The molecule has 1 saturated carbocycles. The van der Waals surface area contributed by atoms with Gasteiger partial charge in [0.25, 0.3) is 0 Å². The molecule has 1 aliphatic rings. The molecule has 3 heterocycles. The van der Waals surface area contributed by atoms with Gasteiger partial charge in [-0.3, -0.25) is 5.10 Å². The number of fused-ring (bicyclic) bond motifs is 1. The molecule has 0 saturated heterocycles. The van der Waals surface area contributed by atoms with E-state index in [0.717, 1.165) is 47.3 Å². The standard InChI is InChI=1S/C27H25N7O2/c1-29-26(35)36-22-16-20(21-12-15-30-32-21)25-31-23(24(34(25)33-22)18-6-3-2-4-7-18)17-8-10-19(11-9-17)27(28)13-5-14-27/h2-4,6-12,15-16H,5,13-14,28H2,1H3,(H,29,35)(H,30,32). The van der Waals surface area contributed by atoms with Crippen LogP contribution in [0, 0.1) is 0 Å². The molecular formula is C27H25N7O2. The smallest absolute Gasteiger partial charge is 0.390 e. The van der Waals surface area contributed by atoms with Gasteiger partial charge < -0.3 is 15.8 Å². The van der Waals surface area contributed by atoms with Crippen LogP contribution in [0.25, 0.3) is 39.4 Å². The highest BCUT2D eigenvalue weighted by molar-refractivity contribution is 5.87. The molecule has 1 amide bonds. The Morgan fingerprint density at radius 1 is 1.08 bits per heavy atom. The third kappa shape index (κ3) is 3.70. The first-order valence-electron chi connectivity index (χ1n) is 11.8. The average Bonchev–Trinajstić information content (AvgIpc) is 3.56. The highest BCUT2D eigenvalue weighted by atomic mass is 16.6. The van der Waals surface area contributed by atoms with Gasteiger partial charge in [-0.1, -0.05) is 54.6 Å². The predicted molar refractivity (Wildman–Crippen MR) is 136 cm³/mol. The van der Waals surface area contributed by atoms with Crippen molar-refractivity contribution in [3.8, 4) is 39.7 Å². The Morgan fingerprint density at radius 3 is 2.50 bits per heavy atom. The number of benzene rings is 2. The van der Waals surface area contributed by atoms with Crippen molar-refractivity contribution in [1.29, 1.82) is 0 Å². The second-order valence-electron chi connectivity index (χ2n) is 8.99. The van der Waals surface area contributed by atoms with Gasteiger partial charge in [-0.2, -0.15) is 5.10 Å². The monoisotopic (exact) mass is 479 g/mol. The van der Waals surface area contributed by atoms with E-state index < -0.39 is 6.09 Å². The minimum Gasteiger partial charge on any atom is -0.390 e. The summed E-state index contributed by atoms with van der Waals surface area (Å²) in [6.07, 6.45) is 4.28. The Balaban J connectivity index is 1.59. The van der Waals surface area contributed by atoms with E-state index in [2.05, 4.69) is 44.9 Å². The number of H-pyrrole nitrogens is 1. The Kier molecular flexibility index (Phi) is 5.26. The number of hydrogen-bond acceptors (Lipinski definition) is 6. The zero-order valence-corrected chi connectivity index (χ0v) is 19.7. The topological polar surface area (TPSA) is 123 Å². The quantitative estimate of drug-likeness (QED) is 0.341. The fourth-order valence-electron chi connectivity index (χ4n) is 4.66. The molecule has 1 aliphatic carbocycles. The highest BCUT2D eigenvalue weighted by Gasteiger charge is 2.34. The number of carbonyl (C=O) groups is 1. The van der Waals surface area contributed by atoms with Crippen LogP contribution in [0.4, 0.5) is 4.79 Å². The summed E-state index contributed by atoms with van der Waals surface area (Å²) in [6.45, 7) is 0. The lowest BCUT2D eigenvalue weighted by atomic mass is 9.72. The van der Waals surface area contributed by atoms with Crippen LogP contribution in [0.5, 0.6) is 5.88 Å². The summed E-state index contributed by atoms with van der Waals surface area (Å²) in [4.78, 5) is 17.0. The number of imidazole rings is 1. The van der Waals surface area contributed by atoms with Crippen LogP contribution in [0.15, 0.2) is 72.9 Å². The number of rotatable bonds is 5. The SMILES string of the molecule is CNC(=O)Oc1cc(-c2cc[nH]n2)c2nc(-c3ccc(C4(N)CCC4)cc3)c(-c3ccccc3)n2n1. The lowest BCUT2D eigenvalue weighted by Crippen LogP contribution is -2.43. The molecule has 0 unspecified atom stereocenters. The number of nitrogens with one attached hydrogen (secondary N) is 2. The Morgan fingerprint density at radius 2 is 1.86 bits per heavy atom. The van der Waals surface area contributed by atoms with Crippen molar-refractivity contribution in [2.75, 3.05) is 7.05 Å². The van der Waals surface area contributed by atoms with Crippen LogP contribution >= 0.6 is 0 Å². The molecule has 0 radical (unpaired) electrons. The molecule has 9 nitrogen and oxygen atoms in total. The van der Waals surface area contributed by atoms with Gasteiger partial charge in [0.15, 0.2) is 5.65 Å². The van der Waals surface area contributed by atoms with E-state index in [1.54, 1.807) is 16.8 Å². The summed E-state index contributed by atoms with van der Waals surface area (Å²) >= 11 is 0. The van der Waals surface area contributed by atoms with Crippen LogP contribution in [0.1, 0.15) is 24.8 Å². The lowest BCUT2D eigenvalue weighted by molar-refractivity contribution is 0.200. The molecule has 36 heavy (non-hydrogen) atoms. The van der Waals surface area contributed by atoms with Crippen LogP contribution in [0.2, 0.25) is 0 Å². The molecular weight excluding hydrogens is 454 g/mol. The van der Waals surface area contributed by atoms with E-state index in [4.69, 9.17) is 15.5 Å². The van der Waals surface area contributed by atoms with E-state index in [1.165, 1.54) is 7.05 Å². The highest BCUT2D eigenvalue weighted by Crippen LogP contribution is 2.40. The van der Waals surface area contributed by atoms with Crippen molar-refractivity contribution in [2.24, 2.45) is 5.73 Å². The summed E-state index contributed by atoms with van der Waals surface area (Å²) in [5.74, 6) is 0.131. The molecule has 5 aromatic rings. The van der Waals surface area contributed by atoms with E-state index in [0.29, 0.717) is 16.9 Å². The normalized spacial score (nSPS) is 14.4. The second-order valence-corrected chi connectivity index (χ2v) is 8.99. The molecule has 2 aromatic carbocycles. The van der Waals surface area contributed by atoms with E-state index in [9.17, 15) is 4.79 Å². The molecule has 0 aliphatic heterocycles. The molecule has 6 rings (SSSR count). The van der Waals surface area contributed by atoms with Crippen molar-refractivity contribution in [1.82, 2.24) is 30.1 Å². The van der Waals surface area contributed by atoms with Gasteiger partial charge in [-0.05, 0) is 30.9 Å². The summed E-state index contributed by atoms with van der Waals surface area (Å²) in [7, 11) is 1.50. The maximum atomic E-state index is 12.0. The maximum Gasteiger partial charge on any atom is 0.413 e. The molecule has 0 atom stereocenters. The maximum absolute atomic E-state index is 12.0. The molecule has 180 valence electrons. The Labute approximate surface area is 207 Å². The zero-order chi connectivity index (χ0) is 24.7. The summed E-state index contributed by atoms with van der Waals surface area (Å²) in [5.41, 5.74) is 12.8. The molecule has 4 N–H and O–H groups in total. The number of ether oxygens (including phenoxy) is 1. The minimum absolute atomic E-state index is 0.131. The van der Waals surface area contributed by atoms with E-state index in [1.807, 2.05) is 36.4 Å². The van der Waals surface area contributed by atoms with Gasteiger partial charge in [-0.25, -0.2) is 14.3 Å². The summed E-state index contributed by atoms with van der Waals surface area (Å²) in [5, 5.41) is 14.3. The van der Waals surface area contributed by atoms with Crippen molar-refractivity contribution in [3.05, 3.63) is 78.5 Å². The number of nitrogens with zero attached hydrogens (tertiary/aromatic N) is 4. The third-order valence-corrected chi connectivity index (χ3v) is 6.77. The van der Waals surface area contributed by atoms with Crippen molar-refractivity contribution in [3.63, 3.8) is 0 Å². The third-order valence-electron chi connectivity index (χ3n) is 6.77. The fraction of sp³-hybridized carbons (Fsp3) is 0.185. The van der Waals surface area contributed by atoms with Gasteiger partial charge in [0.2, 0.25) is 5.88 Å². The fourth-order valence-corrected chi connectivity index (χ4v) is 4.66. The van der Waals surface area contributed by atoms with Gasteiger partial charge in [-0.15, -0.1) is 5.10 Å². The van der Waals surface area contributed by atoms with Crippen LogP contribution < -0.4 is 15.8 Å². The summed E-state index contributed by atoms with van der Waals surface area (Å²) in [6, 6.07) is 21.7. The first kappa shape index (κ1) is 22.0. The van der Waals surface area contributed by atoms with Gasteiger partial charge in [0.05, 0.1) is 17.0 Å². The van der Waals surface area contributed by atoms with Gasteiger partial charge in [0, 0.05) is 36.0 Å². The Hall–Kier alpha value is -4.50. The second kappa shape index (κ2) is 8.62. The van der Waals surface area contributed by atoms with Crippen LogP contribution in [-0.2, 0) is 5.54 Å². The van der Waals surface area contributed by atoms with E-state index in [-0.39, 0.29) is 11.4 Å². The van der Waals surface area contributed by atoms with Gasteiger partial charge in [0.1, 0.15) is 5.69 Å². The predicted octanol–water partition coefficient (Wildman–Crippen LogP) is 4.51. The first-order chi connectivity index (χ1) is 17.6. The number of aromatic nitrogens is 5. The number of hydrogen-bond donors (Lipinski definition) is 3. The largest absolute Gasteiger partial charge is 0.413 e. The number of amides is 1. The van der Waals surface area contributed by atoms with Crippen LogP contribution in [0.3, 0.4) is 0 Å². The molecule has 1 fully saturated rings. The van der Waals surface area contributed by atoms with Gasteiger partial charge >= 0.3 is 6.09 Å². The van der Waals surface area contributed by atoms with E-state index >= 15 is 0 Å². The minimum atomic E-state index is -0.612. The average molecular weight is 480 g/mol. The number of aromatic amines is 1. The van der Waals surface area contributed by atoms with Crippen molar-refractivity contribution in [2.45, 2.75) is 24.8 Å². The molecule has 3 aromatic heterocycles. The molecule has 9 heteroatoms. The molecule has 0 bridgehead atoms. The Bertz CT molecular complexity index is 1540. The molecule has 0 spiro atoms. The summed E-state index contributed by atoms with van der Waals surface area (Å²) < 4.78 is 7.15. The zero-order valence-electron chi connectivity index (χ0n) is 19.7. The lowest BCUT2D eigenvalue weighted by Gasteiger charge is -2.38. The van der Waals surface area contributed by atoms with Crippen molar-refractivity contribution < 1.29 is 9.53 Å². The number of carbonyl (C=O) groups excluding carboxylic acids is 1.